The summed E-state index contributed by atoms with van der Waals surface area (Å²) in [4.78, 5) is 17.7. The highest BCUT2D eigenvalue weighted by molar-refractivity contribution is 9.10. The standard InChI is InChI=1S/C20H25BrN4O2/c1-22-20(23-11-12-27-18-6-4-5-17(21)13-18)24-14-15-7-9-16(10-8-15)19(26)25(2)3/h4-10,13H,11-12,14H2,1-3H3,(H2,22,23,24). The van der Waals surface area contributed by atoms with E-state index >= 15 is 0 Å². The molecule has 0 aliphatic heterocycles. The van der Waals surface area contributed by atoms with Crippen LogP contribution in [0.3, 0.4) is 0 Å². The van der Waals surface area contributed by atoms with Gasteiger partial charge in [0.1, 0.15) is 12.4 Å². The first kappa shape index (κ1) is 20.8. The molecule has 2 aromatic carbocycles. The van der Waals surface area contributed by atoms with Crippen molar-refractivity contribution in [2.24, 2.45) is 4.99 Å². The van der Waals surface area contributed by atoms with E-state index in [4.69, 9.17) is 4.74 Å². The lowest BCUT2D eigenvalue weighted by molar-refractivity contribution is 0.0827. The van der Waals surface area contributed by atoms with Gasteiger partial charge in [0, 0.05) is 37.7 Å². The van der Waals surface area contributed by atoms with E-state index < -0.39 is 0 Å². The van der Waals surface area contributed by atoms with Crippen molar-refractivity contribution in [1.29, 1.82) is 0 Å². The van der Waals surface area contributed by atoms with Gasteiger partial charge in [0.05, 0.1) is 6.54 Å². The van der Waals surface area contributed by atoms with Crippen molar-refractivity contribution >= 4 is 27.8 Å². The molecule has 0 aromatic heterocycles. The predicted molar refractivity (Wildman–Crippen MR) is 112 cm³/mol. The Balaban J connectivity index is 1.74. The number of guanidine groups is 1. The van der Waals surface area contributed by atoms with Gasteiger partial charge in [-0.25, -0.2) is 0 Å². The van der Waals surface area contributed by atoms with Crippen LogP contribution in [-0.4, -0.2) is 51.1 Å². The Bertz CT molecular complexity index is 776. The van der Waals surface area contributed by atoms with Crippen molar-refractivity contribution in [1.82, 2.24) is 15.5 Å². The Morgan fingerprint density at radius 2 is 1.89 bits per heavy atom. The summed E-state index contributed by atoms with van der Waals surface area (Å²) in [5.41, 5.74) is 1.74. The molecule has 0 radical (unpaired) electrons. The number of halogens is 1. The summed E-state index contributed by atoms with van der Waals surface area (Å²) < 4.78 is 6.68. The van der Waals surface area contributed by atoms with E-state index in [1.807, 2.05) is 48.5 Å². The lowest BCUT2D eigenvalue weighted by Crippen LogP contribution is -2.38. The molecule has 0 spiro atoms. The number of hydrogen-bond donors (Lipinski definition) is 2. The fraction of sp³-hybridized carbons (Fsp3) is 0.300. The second-order valence-electron chi connectivity index (χ2n) is 6.05. The zero-order valence-electron chi connectivity index (χ0n) is 15.8. The molecule has 0 aliphatic carbocycles. The van der Waals surface area contributed by atoms with E-state index in [9.17, 15) is 4.79 Å². The monoisotopic (exact) mass is 432 g/mol. The Morgan fingerprint density at radius 1 is 1.15 bits per heavy atom. The second-order valence-corrected chi connectivity index (χ2v) is 6.97. The molecule has 2 aromatic rings. The fourth-order valence-corrected chi connectivity index (χ4v) is 2.70. The lowest BCUT2D eigenvalue weighted by atomic mass is 10.1. The van der Waals surface area contributed by atoms with Crippen LogP contribution >= 0.6 is 15.9 Å². The topological polar surface area (TPSA) is 66.0 Å². The molecule has 0 aliphatic rings. The normalized spacial score (nSPS) is 11.0. The number of nitrogens with one attached hydrogen (secondary N) is 2. The Hall–Kier alpha value is -2.54. The molecule has 2 rings (SSSR count). The van der Waals surface area contributed by atoms with Gasteiger partial charge in [0.15, 0.2) is 5.96 Å². The van der Waals surface area contributed by atoms with E-state index in [0.29, 0.717) is 31.2 Å². The first-order valence-corrected chi connectivity index (χ1v) is 9.42. The van der Waals surface area contributed by atoms with Crippen molar-refractivity contribution in [2.75, 3.05) is 34.3 Å². The third-order valence-electron chi connectivity index (χ3n) is 3.75. The first-order valence-electron chi connectivity index (χ1n) is 8.63. The van der Waals surface area contributed by atoms with Crippen molar-refractivity contribution in [3.8, 4) is 5.75 Å². The molecule has 1 amide bonds. The Morgan fingerprint density at radius 3 is 2.52 bits per heavy atom. The molecule has 0 saturated carbocycles. The van der Waals surface area contributed by atoms with Crippen molar-refractivity contribution in [3.05, 3.63) is 64.1 Å². The zero-order chi connectivity index (χ0) is 19.6. The van der Waals surface area contributed by atoms with Crippen LogP contribution in [0, 0.1) is 0 Å². The number of carbonyl (C=O) groups is 1. The third-order valence-corrected chi connectivity index (χ3v) is 4.24. The molecular weight excluding hydrogens is 408 g/mol. The smallest absolute Gasteiger partial charge is 0.253 e. The predicted octanol–water partition coefficient (Wildman–Crippen LogP) is 2.89. The van der Waals surface area contributed by atoms with Gasteiger partial charge in [-0.15, -0.1) is 0 Å². The summed E-state index contributed by atoms with van der Waals surface area (Å²) in [5, 5.41) is 6.46. The summed E-state index contributed by atoms with van der Waals surface area (Å²) in [6.07, 6.45) is 0. The van der Waals surface area contributed by atoms with Crippen molar-refractivity contribution < 1.29 is 9.53 Å². The van der Waals surface area contributed by atoms with Gasteiger partial charge in [-0.1, -0.05) is 34.1 Å². The molecule has 0 saturated heterocycles. The molecule has 0 fully saturated rings. The van der Waals surface area contributed by atoms with E-state index in [1.54, 1.807) is 26.0 Å². The Kier molecular flexibility index (Phi) is 8.13. The summed E-state index contributed by atoms with van der Waals surface area (Å²) in [6, 6.07) is 15.3. The number of carbonyl (C=O) groups excluding carboxylic acids is 1. The highest BCUT2D eigenvalue weighted by Gasteiger charge is 2.07. The number of ether oxygens (including phenoxy) is 1. The molecule has 144 valence electrons. The minimum atomic E-state index is -0.00238. The van der Waals surface area contributed by atoms with Gasteiger partial charge < -0.3 is 20.3 Å². The van der Waals surface area contributed by atoms with E-state index in [1.165, 1.54) is 0 Å². The molecule has 0 unspecified atom stereocenters. The summed E-state index contributed by atoms with van der Waals surface area (Å²) in [6.45, 7) is 1.77. The average Bonchev–Trinajstić information content (AvgIpc) is 2.67. The number of amides is 1. The molecule has 0 atom stereocenters. The van der Waals surface area contributed by atoms with Crippen LogP contribution in [0.5, 0.6) is 5.75 Å². The molecular formula is C20H25BrN4O2. The van der Waals surface area contributed by atoms with E-state index in [-0.39, 0.29) is 5.91 Å². The maximum absolute atomic E-state index is 11.9. The van der Waals surface area contributed by atoms with Crippen LogP contribution in [0.2, 0.25) is 0 Å². The van der Waals surface area contributed by atoms with Crippen LogP contribution in [0.1, 0.15) is 15.9 Å². The first-order chi connectivity index (χ1) is 13.0. The maximum Gasteiger partial charge on any atom is 0.253 e. The molecule has 27 heavy (non-hydrogen) atoms. The van der Waals surface area contributed by atoms with Crippen LogP contribution < -0.4 is 15.4 Å². The highest BCUT2D eigenvalue weighted by Crippen LogP contribution is 2.17. The van der Waals surface area contributed by atoms with Crippen molar-refractivity contribution in [2.45, 2.75) is 6.54 Å². The van der Waals surface area contributed by atoms with Gasteiger partial charge in [-0.3, -0.25) is 9.79 Å². The average molecular weight is 433 g/mol. The lowest BCUT2D eigenvalue weighted by Gasteiger charge is -2.13. The van der Waals surface area contributed by atoms with Crippen molar-refractivity contribution in [3.63, 3.8) is 0 Å². The number of benzene rings is 2. The zero-order valence-corrected chi connectivity index (χ0v) is 17.4. The minimum Gasteiger partial charge on any atom is -0.492 e. The van der Waals surface area contributed by atoms with Gasteiger partial charge >= 0.3 is 0 Å². The summed E-state index contributed by atoms with van der Waals surface area (Å²) >= 11 is 3.42. The number of hydrogen-bond acceptors (Lipinski definition) is 3. The number of rotatable bonds is 7. The molecule has 0 heterocycles. The molecule has 2 N–H and O–H groups in total. The number of nitrogens with zero attached hydrogens (tertiary/aromatic N) is 2. The highest BCUT2D eigenvalue weighted by atomic mass is 79.9. The van der Waals surface area contributed by atoms with Gasteiger partial charge in [-0.2, -0.15) is 0 Å². The number of aliphatic imine (C=N–C) groups is 1. The third kappa shape index (κ3) is 6.94. The quantitative estimate of drug-likeness (QED) is 0.401. The van der Waals surface area contributed by atoms with Gasteiger partial charge in [-0.05, 0) is 35.9 Å². The van der Waals surface area contributed by atoms with Crippen LogP contribution in [0.4, 0.5) is 0 Å². The second kappa shape index (κ2) is 10.6. The minimum absolute atomic E-state index is 0.00238. The molecule has 6 nitrogen and oxygen atoms in total. The maximum atomic E-state index is 11.9. The van der Waals surface area contributed by atoms with Crippen LogP contribution in [0.25, 0.3) is 0 Å². The SMILES string of the molecule is CN=C(NCCOc1cccc(Br)c1)NCc1ccc(C(=O)N(C)C)cc1. The van der Waals surface area contributed by atoms with Gasteiger partial charge in [0.2, 0.25) is 0 Å². The van der Waals surface area contributed by atoms with E-state index in [0.717, 1.165) is 15.8 Å². The largest absolute Gasteiger partial charge is 0.492 e. The molecule has 7 heteroatoms. The Labute approximate surface area is 168 Å². The summed E-state index contributed by atoms with van der Waals surface area (Å²) in [5.74, 6) is 1.51. The fourth-order valence-electron chi connectivity index (χ4n) is 2.32. The van der Waals surface area contributed by atoms with Gasteiger partial charge in [0.25, 0.3) is 5.91 Å². The molecule has 0 bridgehead atoms. The summed E-state index contributed by atoms with van der Waals surface area (Å²) in [7, 11) is 5.21. The van der Waals surface area contributed by atoms with E-state index in [2.05, 4.69) is 31.6 Å². The van der Waals surface area contributed by atoms with Crippen LogP contribution in [-0.2, 0) is 6.54 Å². The van der Waals surface area contributed by atoms with Crippen LogP contribution in [0.15, 0.2) is 58.0 Å².